The second-order valence-corrected chi connectivity index (χ2v) is 3.78. The van der Waals surface area contributed by atoms with Gasteiger partial charge in [0.05, 0.1) is 5.92 Å². The highest BCUT2D eigenvalue weighted by molar-refractivity contribution is 6.64. The molecule has 1 aromatic rings. The van der Waals surface area contributed by atoms with E-state index >= 15 is 0 Å². The monoisotopic (exact) mass is 208 g/mol. The van der Waals surface area contributed by atoms with Crippen LogP contribution in [0.3, 0.4) is 0 Å². The lowest BCUT2D eigenvalue weighted by Crippen LogP contribution is -2.19. The number of Topliss-reactive ketones (excluding diaryl/α,β-unsaturated/α-hetero) is 1. The summed E-state index contributed by atoms with van der Waals surface area (Å²) < 4.78 is 0. The molecule has 2 nitrogen and oxygen atoms in total. The molecule has 2 rings (SSSR count). The lowest BCUT2D eigenvalue weighted by atomic mass is 9.83. The van der Waals surface area contributed by atoms with E-state index < -0.39 is 0 Å². The quantitative estimate of drug-likeness (QED) is 0.665. The molecule has 0 unspecified atom stereocenters. The molecule has 1 atom stereocenters. The number of carbonyl (C=O) groups excluding carboxylic acids is 2. The predicted molar refractivity (Wildman–Crippen MR) is 53.6 cm³/mol. The summed E-state index contributed by atoms with van der Waals surface area (Å²) in [4.78, 5) is 22.6. The number of carbonyl (C=O) groups is 2. The third kappa shape index (κ3) is 1.46. The lowest BCUT2D eigenvalue weighted by Gasteiger charge is -2.21. The fourth-order valence-corrected chi connectivity index (χ4v) is 2.08. The Labute approximate surface area is 86.9 Å². The van der Waals surface area contributed by atoms with Crippen molar-refractivity contribution in [3.63, 3.8) is 0 Å². The fourth-order valence-electron chi connectivity index (χ4n) is 1.86. The normalized spacial score (nSPS) is 20.4. The van der Waals surface area contributed by atoms with Gasteiger partial charge in [-0.1, -0.05) is 24.3 Å². The van der Waals surface area contributed by atoms with Crippen LogP contribution >= 0.6 is 11.6 Å². The number of fused-ring (bicyclic) bond motifs is 1. The van der Waals surface area contributed by atoms with Crippen molar-refractivity contribution in [3.05, 3.63) is 35.4 Å². The van der Waals surface area contributed by atoms with Gasteiger partial charge >= 0.3 is 0 Å². The second-order valence-electron chi connectivity index (χ2n) is 3.41. The number of benzene rings is 1. The highest BCUT2D eigenvalue weighted by Gasteiger charge is 2.28. The summed E-state index contributed by atoms with van der Waals surface area (Å²) >= 11 is 5.48. The maximum atomic E-state index is 11.5. The molecule has 0 fully saturated rings. The molecule has 0 aliphatic heterocycles. The Hall–Kier alpha value is -1.15. The Balaban J connectivity index is 2.52. The first-order valence-corrected chi connectivity index (χ1v) is 4.89. The zero-order valence-corrected chi connectivity index (χ0v) is 8.25. The van der Waals surface area contributed by atoms with Gasteiger partial charge in [-0.25, -0.2) is 0 Å². The first kappa shape index (κ1) is 9.41. The molecule has 0 saturated heterocycles. The first-order valence-electron chi connectivity index (χ1n) is 4.51. The molecule has 0 saturated carbocycles. The van der Waals surface area contributed by atoms with Gasteiger partial charge in [-0.15, -0.1) is 0 Å². The van der Waals surface area contributed by atoms with Crippen LogP contribution in [0.15, 0.2) is 24.3 Å². The molecule has 1 aliphatic rings. The summed E-state index contributed by atoms with van der Waals surface area (Å²) in [6.07, 6.45) is 0.957. The van der Waals surface area contributed by atoms with E-state index in [0.717, 1.165) is 5.56 Å². The SMILES string of the molecule is O=C1CC[C@@H](C(=O)Cl)c2ccccc21. The minimum atomic E-state index is -0.370. The second kappa shape index (κ2) is 3.54. The van der Waals surface area contributed by atoms with Crippen molar-refractivity contribution in [2.75, 3.05) is 0 Å². The number of ketones is 1. The van der Waals surface area contributed by atoms with Crippen molar-refractivity contribution in [1.29, 1.82) is 0 Å². The predicted octanol–water partition coefficient (Wildman–Crippen LogP) is 2.51. The molecular formula is C11H9ClO2. The molecule has 0 bridgehead atoms. The molecule has 1 aliphatic carbocycles. The number of hydrogen-bond acceptors (Lipinski definition) is 2. The topological polar surface area (TPSA) is 34.1 Å². The van der Waals surface area contributed by atoms with E-state index in [1.165, 1.54) is 0 Å². The van der Waals surface area contributed by atoms with Crippen molar-refractivity contribution >= 4 is 22.6 Å². The van der Waals surface area contributed by atoms with Crippen LogP contribution < -0.4 is 0 Å². The van der Waals surface area contributed by atoms with Crippen LogP contribution in [0.25, 0.3) is 0 Å². The third-order valence-electron chi connectivity index (χ3n) is 2.57. The minimum absolute atomic E-state index is 0.106. The molecule has 14 heavy (non-hydrogen) atoms. The van der Waals surface area contributed by atoms with Crippen molar-refractivity contribution < 1.29 is 9.59 Å². The van der Waals surface area contributed by atoms with Gasteiger partial charge < -0.3 is 0 Å². The van der Waals surface area contributed by atoms with Gasteiger partial charge in [0.1, 0.15) is 0 Å². The highest BCUT2D eigenvalue weighted by atomic mass is 35.5. The van der Waals surface area contributed by atoms with E-state index in [1.54, 1.807) is 18.2 Å². The van der Waals surface area contributed by atoms with Gasteiger partial charge in [0.2, 0.25) is 5.24 Å². The standard InChI is InChI=1S/C11H9ClO2/c12-11(14)9-5-6-10(13)8-4-2-1-3-7(8)9/h1-4,9H,5-6H2/t9-/m1/s1. The zero-order chi connectivity index (χ0) is 10.1. The average Bonchev–Trinajstić information content (AvgIpc) is 2.18. The van der Waals surface area contributed by atoms with Crippen LogP contribution in [0, 0.1) is 0 Å². The van der Waals surface area contributed by atoms with E-state index in [1.807, 2.05) is 6.07 Å². The van der Waals surface area contributed by atoms with Crippen LogP contribution in [-0.4, -0.2) is 11.0 Å². The summed E-state index contributed by atoms with van der Waals surface area (Å²) in [5, 5.41) is -0.370. The molecule has 1 aromatic carbocycles. The Morgan fingerprint density at radius 2 is 2.07 bits per heavy atom. The summed E-state index contributed by atoms with van der Waals surface area (Å²) in [5.41, 5.74) is 1.43. The largest absolute Gasteiger partial charge is 0.294 e. The summed E-state index contributed by atoms with van der Waals surface area (Å²) in [6.45, 7) is 0. The maximum absolute atomic E-state index is 11.5. The van der Waals surface area contributed by atoms with E-state index in [9.17, 15) is 9.59 Å². The highest BCUT2D eigenvalue weighted by Crippen LogP contribution is 2.32. The first-order chi connectivity index (χ1) is 6.70. The van der Waals surface area contributed by atoms with E-state index in [0.29, 0.717) is 18.4 Å². The van der Waals surface area contributed by atoms with Gasteiger partial charge in [-0.05, 0) is 23.6 Å². The van der Waals surface area contributed by atoms with Crippen molar-refractivity contribution in [1.82, 2.24) is 0 Å². The summed E-state index contributed by atoms with van der Waals surface area (Å²) in [5.74, 6) is -0.194. The average molecular weight is 209 g/mol. The summed E-state index contributed by atoms with van der Waals surface area (Å²) in [6, 6.07) is 7.18. The number of halogens is 1. The van der Waals surface area contributed by atoms with E-state index in [2.05, 4.69) is 0 Å². The molecule has 0 aromatic heterocycles. The van der Waals surface area contributed by atoms with Crippen LogP contribution in [-0.2, 0) is 4.79 Å². The summed E-state index contributed by atoms with van der Waals surface area (Å²) in [7, 11) is 0. The molecular weight excluding hydrogens is 200 g/mol. The number of hydrogen-bond donors (Lipinski definition) is 0. The molecule has 0 amide bonds. The smallest absolute Gasteiger partial charge is 0.229 e. The third-order valence-corrected chi connectivity index (χ3v) is 2.83. The van der Waals surface area contributed by atoms with Crippen LogP contribution in [0.4, 0.5) is 0 Å². The minimum Gasteiger partial charge on any atom is -0.294 e. The number of rotatable bonds is 1. The van der Waals surface area contributed by atoms with Crippen molar-refractivity contribution in [3.8, 4) is 0 Å². The molecule has 0 radical (unpaired) electrons. The van der Waals surface area contributed by atoms with Gasteiger partial charge in [0, 0.05) is 12.0 Å². The van der Waals surface area contributed by atoms with E-state index in [-0.39, 0.29) is 16.9 Å². The van der Waals surface area contributed by atoms with Crippen LogP contribution in [0.1, 0.15) is 34.7 Å². The molecule has 0 heterocycles. The van der Waals surface area contributed by atoms with Gasteiger partial charge in [0.15, 0.2) is 5.78 Å². The van der Waals surface area contributed by atoms with Crippen LogP contribution in [0.2, 0.25) is 0 Å². The fraction of sp³-hybridized carbons (Fsp3) is 0.273. The van der Waals surface area contributed by atoms with E-state index in [4.69, 9.17) is 11.6 Å². The van der Waals surface area contributed by atoms with Gasteiger partial charge in [-0.2, -0.15) is 0 Å². The molecule has 0 spiro atoms. The Morgan fingerprint density at radius 3 is 2.79 bits per heavy atom. The van der Waals surface area contributed by atoms with Gasteiger partial charge in [-0.3, -0.25) is 9.59 Å². The Bertz CT molecular complexity index is 398. The maximum Gasteiger partial charge on any atom is 0.229 e. The van der Waals surface area contributed by atoms with Crippen LogP contribution in [0.5, 0.6) is 0 Å². The lowest BCUT2D eigenvalue weighted by molar-refractivity contribution is -0.113. The van der Waals surface area contributed by atoms with Gasteiger partial charge in [0.25, 0.3) is 0 Å². The molecule has 0 N–H and O–H groups in total. The van der Waals surface area contributed by atoms with Crippen molar-refractivity contribution in [2.24, 2.45) is 0 Å². The Kier molecular flexibility index (Phi) is 2.38. The molecule has 3 heteroatoms. The molecule has 72 valence electrons. The van der Waals surface area contributed by atoms with Crippen molar-refractivity contribution in [2.45, 2.75) is 18.8 Å². The Morgan fingerprint density at radius 1 is 1.36 bits per heavy atom. The zero-order valence-electron chi connectivity index (χ0n) is 7.50.